The molecule has 2 heterocycles. The van der Waals surface area contributed by atoms with E-state index in [4.69, 9.17) is 21.4 Å². The Balaban J connectivity index is 2.13. The third-order valence-electron chi connectivity index (χ3n) is 2.76. The van der Waals surface area contributed by atoms with Gasteiger partial charge in [-0.2, -0.15) is 0 Å². The number of rotatable bonds is 2. The molecule has 1 fully saturated rings. The quantitative estimate of drug-likeness (QED) is 0.869. The predicted octanol–water partition coefficient (Wildman–Crippen LogP) is 0.957. The lowest BCUT2D eigenvalue weighted by molar-refractivity contribution is -0.0859. The second-order valence-electron chi connectivity index (χ2n) is 4.32. The standard InChI is InChI=1S/C12H15ClN2O3/c1-8-5-15(6-10(7-16)18-8)12(17)11-4-9(13)2-3-14-11/h2-4,8,10,16H,5-7H2,1H3. The van der Waals surface area contributed by atoms with Gasteiger partial charge in [-0.3, -0.25) is 9.78 Å². The summed E-state index contributed by atoms with van der Waals surface area (Å²) in [5.74, 6) is -0.189. The maximum atomic E-state index is 12.2. The Bertz CT molecular complexity index is 441. The van der Waals surface area contributed by atoms with Gasteiger partial charge in [-0.25, -0.2) is 0 Å². The molecule has 1 aliphatic rings. The fourth-order valence-corrected chi connectivity index (χ4v) is 2.16. The number of nitrogens with zero attached hydrogens (tertiary/aromatic N) is 2. The van der Waals surface area contributed by atoms with Crippen LogP contribution < -0.4 is 0 Å². The van der Waals surface area contributed by atoms with Gasteiger partial charge in [-0.1, -0.05) is 11.6 Å². The maximum Gasteiger partial charge on any atom is 0.272 e. The van der Waals surface area contributed by atoms with E-state index in [1.807, 2.05) is 6.92 Å². The van der Waals surface area contributed by atoms with Gasteiger partial charge in [0, 0.05) is 24.3 Å². The molecule has 2 rings (SSSR count). The van der Waals surface area contributed by atoms with Crippen LogP contribution in [0.4, 0.5) is 0 Å². The topological polar surface area (TPSA) is 62.7 Å². The number of aliphatic hydroxyl groups is 1. The molecule has 18 heavy (non-hydrogen) atoms. The van der Waals surface area contributed by atoms with Crippen LogP contribution in [-0.2, 0) is 4.74 Å². The molecule has 2 unspecified atom stereocenters. The van der Waals surface area contributed by atoms with Crippen LogP contribution >= 0.6 is 11.6 Å². The molecule has 0 radical (unpaired) electrons. The van der Waals surface area contributed by atoms with E-state index < -0.39 is 0 Å². The molecule has 1 amide bonds. The molecule has 0 bridgehead atoms. The molecule has 0 spiro atoms. The van der Waals surface area contributed by atoms with Crippen LogP contribution in [-0.4, -0.2) is 52.8 Å². The Morgan fingerprint density at radius 3 is 3.11 bits per heavy atom. The van der Waals surface area contributed by atoms with Gasteiger partial charge >= 0.3 is 0 Å². The van der Waals surface area contributed by atoms with Crippen molar-refractivity contribution in [1.29, 1.82) is 0 Å². The van der Waals surface area contributed by atoms with Crippen molar-refractivity contribution < 1.29 is 14.6 Å². The van der Waals surface area contributed by atoms with Crippen molar-refractivity contribution in [1.82, 2.24) is 9.88 Å². The average Bonchev–Trinajstić information content (AvgIpc) is 2.37. The molecule has 6 heteroatoms. The summed E-state index contributed by atoms with van der Waals surface area (Å²) in [6.45, 7) is 2.63. The lowest BCUT2D eigenvalue weighted by Crippen LogP contribution is -2.50. The van der Waals surface area contributed by atoms with E-state index in [0.717, 1.165) is 0 Å². The van der Waals surface area contributed by atoms with Gasteiger partial charge in [0.1, 0.15) is 5.69 Å². The number of morpholine rings is 1. The highest BCUT2D eigenvalue weighted by atomic mass is 35.5. The second-order valence-corrected chi connectivity index (χ2v) is 4.76. The predicted molar refractivity (Wildman–Crippen MR) is 66.6 cm³/mol. The lowest BCUT2D eigenvalue weighted by Gasteiger charge is -2.35. The van der Waals surface area contributed by atoms with Crippen LogP contribution in [0.15, 0.2) is 18.3 Å². The lowest BCUT2D eigenvalue weighted by atomic mass is 10.2. The highest BCUT2D eigenvalue weighted by molar-refractivity contribution is 6.30. The molecule has 2 atom stereocenters. The number of hydrogen-bond acceptors (Lipinski definition) is 4. The Hall–Kier alpha value is -1.17. The summed E-state index contributed by atoms with van der Waals surface area (Å²) in [5.41, 5.74) is 0.313. The molecule has 98 valence electrons. The summed E-state index contributed by atoms with van der Waals surface area (Å²) < 4.78 is 5.49. The summed E-state index contributed by atoms with van der Waals surface area (Å²) in [6, 6.07) is 3.16. The minimum absolute atomic E-state index is 0.0981. The number of pyridine rings is 1. The van der Waals surface area contributed by atoms with Crippen LogP contribution in [0, 0.1) is 0 Å². The number of carbonyl (C=O) groups excluding carboxylic acids is 1. The van der Waals surface area contributed by atoms with E-state index in [1.54, 1.807) is 11.0 Å². The molecule has 1 aromatic heterocycles. The zero-order valence-electron chi connectivity index (χ0n) is 10.0. The fraction of sp³-hybridized carbons (Fsp3) is 0.500. The van der Waals surface area contributed by atoms with Gasteiger partial charge in [-0.15, -0.1) is 0 Å². The number of carbonyl (C=O) groups is 1. The molecule has 1 aromatic rings. The first-order valence-corrected chi connectivity index (χ1v) is 6.15. The van der Waals surface area contributed by atoms with Gasteiger partial charge < -0.3 is 14.7 Å². The Labute approximate surface area is 110 Å². The summed E-state index contributed by atoms with van der Waals surface area (Å²) >= 11 is 5.84. The van der Waals surface area contributed by atoms with E-state index in [9.17, 15) is 4.79 Å². The monoisotopic (exact) mass is 270 g/mol. The van der Waals surface area contributed by atoms with Gasteiger partial charge in [0.2, 0.25) is 0 Å². The molecule has 0 saturated carbocycles. The fourth-order valence-electron chi connectivity index (χ4n) is 2.00. The molecular weight excluding hydrogens is 256 g/mol. The SMILES string of the molecule is CC1CN(C(=O)c2cc(Cl)ccn2)CC(CO)O1. The van der Waals surface area contributed by atoms with Crippen LogP contribution in [0.3, 0.4) is 0 Å². The van der Waals surface area contributed by atoms with Crippen LogP contribution in [0.1, 0.15) is 17.4 Å². The number of halogens is 1. The van der Waals surface area contributed by atoms with Crippen molar-refractivity contribution in [2.45, 2.75) is 19.1 Å². The number of ether oxygens (including phenoxy) is 1. The van der Waals surface area contributed by atoms with E-state index in [2.05, 4.69) is 4.98 Å². The zero-order chi connectivity index (χ0) is 13.1. The minimum Gasteiger partial charge on any atom is -0.394 e. The Morgan fingerprint density at radius 1 is 1.67 bits per heavy atom. The first kappa shape index (κ1) is 13.3. The smallest absolute Gasteiger partial charge is 0.272 e. The van der Waals surface area contributed by atoms with Crippen molar-refractivity contribution in [3.8, 4) is 0 Å². The third kappa shape index (κ3) is 2.98. The zero-order valence-corrected chi connectivity index (χ0v) is 10.8. The third-order valence-corrected chi connectivity index (χ3v) is 2.99. The first-order chi connectivity index (χ1) is 8.60. The van der Waals surface area contributed by atoms with E-state index in [1.165, 1.54) is 12.3 Å². The molecule has 5 nitrogen and oxygen atoms in total. The van der Waals surface area contributed by atoms with E-state index >= 15 is 0 Å². The molecule has 1 saturated heterocycles. The van der Waals surface area contributed by atoms with Gasteiger partial charge in [0.25, 0.3) is 5.91 Å². The number of amides is 1. The van der Waals surface area contributed by atoms with Crippen molar-refractivity contribution in [2.24, 2.45) is 0 Å². The minimum atomic E-state index is -0.336. The molecular formula is C12H15ClN2O3. The summed E-state index contributed by atoms with van der Waals surface area (Å²) in [7, 11) is 0. The van der Waals surface area contributed by atoms with Gasteiger partial charge in [0.15, 0.2) is 0 Å². The summed E-state index contributed by atoms with van der Waals surface area (Å²) in [4.78, 5) is 17.9. The van der Waals surface area contributed by atoms with Gasteiger partial charge in [-0.05, 0) is 19.1 Å². The first-order valence-electron chi connectivity index (χ1n) is 5.77. The highest BCUT2D eigenvalue weighted by Crippen LogP contribution is 2.15. The van der Waals surface area contributed by atoms with Crippen LogP contribution in [0.25, 0.3) is 0 Å². The van der Waals surface area contributed by atoms with Crippen LogP contribution in [0.2, 0.25) is 5.02 Å². The van der Waals surface area contributed by atoms with E-state index in [0.29, 0.717) is 23.8 Å². The summed E-state index contributed by atoms with van der Waals surface area (Å²) in [5, 5.41) is 9.60. The van der Waals surface area contributed by atoms with Crippen molar-refractivity contribution >= 4 is 17.5 Å². The molecule has 0 aromatic carbocycles. The van der Waals surface area contributed by atoms with E-state index in [-0.39, 0.29) is 24.7 Å². The average molecular weight is 271 g/mol. The van der Waals surface area contributed by atoms with Gasteiger partial charge in [0.05, 0.1) is 18.8 Å². The van der Waals surface area contributed by atoms with Crippen LogP contribution in [0.5, 0.6) is 0 Å². The normalized spacial score (nSPS) is 24.1. The molecule has 1 aliphatic heterocycles. The number of aliphatic hydroxyl groups excluding tert-OH is 1. The summed E-state index contributed by atoms with van der Waals surface area (Å²) in [6.07, 6.45) is 1.07. The molecule has 1 N–H and O–H groups in total. The Kier molecular flexibility index (Phi) is 4.16. The number of hydrogen-bond donors (Lipinski definition) is 1. The second kappa shape index (κ2) is 5.65. The van der Waals surface area contributed by atoms with Crippen molar-refractivity contribution in [2.75, 3.05) is 19.7 Å². The van der Waals surface area contributed by atoms with Crippen molar-refractivity contribution in [3.05, 3.63) is 29.0 Å². The largest absolute Gasteiger partial charge is 0.394 e. The Morgan fingerprint density at radius 2 is 2.44 bits per heavy atom. The maximum absolute atomic E-state index is 12.2. The van der Waals surface area contributed by atoms with Crippen molar-refractivity contribution in [3.63, 3.8) is 0 Å². The number of aromatic nitrogens is 1. The molecule has 0 aliphatic carbocycles. The highest BCUT2D eigenvalue weighted by Gasteiger charge is 2.29.